The minimum Gasteiger partial charge on any atom is -0.383 e. The maximum atomic E-state index is 13.9. The van der Waals surface area contributed by atoms with E-state index in [9.17, 15) is 22.0 Å². The molecule has 3 saturated heterocycles. The number of ether oxygens (including phenoxy) is 2. The fourth-order valence-corrected chi connectivity index (χ4v) is 6.54. The Labute approximate surface area is 155 Å². The predicted molar refractivity (Wildman–Crippen MR) is 88.4 cm³/mol. The summed E-state index contributed by atoms with van der Waals surface area (Å²) in [6, 6.07) is 0.750. The molecule has 4 heterocycles. The summed E-state index contributed by atoms with van der Waals surface area (Å²) in [4.78, 5) is 17.3. The van der Waals surface area contributed by atoms with Crippen molar-refractivity contribution in [2.75, 3.05) is 39.9 Å². The maximum Gasteiger partial charge on any atom is 0.257 e. The molecule has 3 fully saturated rings. The Bertz CT molecular complexity index is 883. The minimum absolute atomic E-state index is 0.000899. The number of hydrogen-bond donors (Lipinski definition) is 0. The van der Waals surface area contributed by atoms with Gasteiger partial charge >= 0.3 is 0 Å². The van der Waals surface area contributed by atoms with Crippen LogP contribution in [0.15, 0.2) is 12.3 Å². The van der Waals surface area contributed by atoms with Gasteiger partial charge in [0.1, 0.15) is 10.9 Å². The first-order valence-electron chi connectivity index (χ1n) is 8.53. The third kappa shape index (κ3) is 2.93. The number of nitrogens with zero attached hydrogens (tertiary/aromatic N) is 3. The number of carbonyl (C=O) groups excluding carboxylic acids is 1. The number of amides is 1. The summed E-state index contributed by atoms with van der Waals surface area (Å²) in [5, 5.41) is -0.760. The van der Waals surface area contributed by atoms with Crippen LogP contribution in [-0.2, 0) is 19.5 Å². The van der Waals surface area contributed by atoms with Crippen LogP contribution in [0.5, 0.6) is 0 Å². The smallest absolute Gasteiger partial charge is 0.257 e. The van der Waals surface area contributed by atoms with Crippen LogP contribution in [0.4, 0.5) is 8.78 Å². The molecule has 3 aliphatic heterocycles. The summed E-state index contributed by atoms with van der Waals surface area (Å²) in [5.74, 6) is -2.58. The lowest BCUT2D eigenvalue weighted by Crippen LogP contribution is -2.56. The van der Waals surface area contributed by atoms with Gasteiger partial charge in [-0.2, -0.15) is 8.70 Å². The van der Waals surface area contributed by atoms with Crippen LogP contribution >= 0.6 is 0 Å². The minimum atomic E-state index is -3.58. The van der Waals surface area contributed by atoms with Gasteiger partial charge in [0.25, 0.3) is 5.91 Å². The van der Waals surface area contributed by atoms with E-state index >= 15 is 0 Å². The number of aromatic nitrogens is 1. The molecule has 148 valence electrons. The standard InChI is InChI=1S/C16H19F2N3O5S/c1-25-3-2-21-9-16-8-20(7-10(26-16)4-13(16)27(21,23)24)15(22)11-5-14(18)19-6-12(11)17/h5-6,10,13H,2-4,7-9H2,1H3/t10-,13+,16?/m1/s1. The number of likely N-dealkylation sites (tertiary alicyclic amines) is 1. The van der Waals surface area contributed by atoms with Crippen molar-refractivity contribution < 1.29 is 31.5 Å². The van der Waals surface area contributed by atoms with Gasteiger partial charge < -0.3 is 14.4 Å². The largest absolute Gasteiger partial charge is 0.383 e. The van der Waals surface area contributed by atoms with Gasteiger partial charge in [0.05, 0.1) is 31.0 Å². The molecule has 2 bridgehead atoms. The molecule has 3 aliphatic rings. The Kier molecular flexibility index (Phi) is 4.45. The van der Waals surface area contributed by atoms with E-state index in [1.165, 1.54) is 16.3 Å². The summed E-state index contributed by atoms with van der Waals surface area (Å²) in [6.45, 7) is 0.683. The molecular formula is C16H19F2N3O5S. The molecule has 0 aliphatic carbocycles. The third-order valence-corrected chi connectivity index (χ3v) is 7.77. The summed E-state index contributed by atoms with van der Waals surface area (Å²) < 4.78 is 65.2. The summed E-state index contributed by atoms with van der Waals surface area (Å²) >= 11 is 0. The Hall–Kier alpha value is -1.69. The van der Waals surface area contributed by atoms with Crippen molar-refractivity contribution in [3.63, 3.8) is 0 Å². The van der Waals surface area contributed by atoms with E-state index < -0.39 is 50.2 Å². The number of morpholine rings is 1. The monoisotopic (exact) mass is 403 g/mol. The first-order chi connectivity index (χ1) is 12.8. The molecule has 8 nitrogen and oxygen atoms in total. The van der Waals surface area contributed by atoms with Gasteiger partial charge in [0.15, 0.2) is 5.82 Å². The van der Waals surface area contributed by atoms with Crippen LogP contribution in [-0.4, -0.2) is 85.4 Å². The average Bonchev–Trinajstić information content (AvgIpc) is 3.00. The highest BCUT2D eigenvalue weighted by Crippen LogP contribution is 2.46. The van der Waals surface area contributed by atoms with Gasteiger partial charge in [-0.05, 0) is 6.42 Å². The van der Waals surface area contributed by atoms with Crippen molar-refractivity contribution in [2.24, 2.45) is 0 Å². The molecule has 3 atom stereocenters. The third-order valence-electron chi connectivity index (χ3n) is 5.40. The van der Waals surface area contributed by atoms with E-state index in [0.29, 0.717) is 6.20 Å². The number of sulfonamides is 1. The van der Waals surface area contributed by atoms with Crippen molar-refractivity contribution in [1.29, 1.82) is 0 Å². The number of carbonyl (C=O) groups is 1. The van der Waals surface area contributed by atoms with Gasteiger partial charge in [-0.1, -0.05) is 0 Å². The summed E-state index contributed by atoms with van der Waals surface area (Å²) in [7, 11) is -2.10. The highest BCUT2D eigenvalue weighted by atomic mass is 32.2. The van der Waals surface area contributed by atoms with Crippen LogP contribution in [0.25, 0.3) is 0 Å². The zero-order valence-electron chi connectivity index (χ0n) is 14.6. The Morgan fingerprint density at radius 3 is 2.96 bits per heavy atom. The van der Waals surface area contributed by atoms with Crippen LogP contribution in [0.2, 0.25) is 0 Å². The number of hydrogen-bond acceptors (Lipinski definition) is 6. The SMILES string of the molecule is COCCN1CC23CN(C(=O)c4cc(F)ncc4F)C[C@@H](C[C@@H]2S1(=O)=O)O3. The highest BCUT2D eigenvalue weighted by Gasteiger charge is 2.65. The Morgan fingerprint density at radius 1 is 1.44 bits per heavy atom. The number of halogens is 2. The number of rotatable bonds is 4. The van der Waals surface area contributed by atoms with Gasteiger partial charge in [-0.3, -0.25) is 4.79 Å². The quantitative estimate of drug-likeness (QED) is 0.658. The molecule has 1 amide bonds. The van der Waals surface area contributed by atoms with Crippen LogP contribution in [0, 0.1) is 11.8 Å². The molecule has 11 heteroatoms. The fraction of sp³-hybridized carbons (Fsp3) is 0.625. The second-order valence-electron chi connectivity index (χ2n) is 7.07. The first-order valence-corrected chi connectivity index (χ1v) is 10.0. The normalized spacial score (nSPS) is 31.9. The fourth-order valence-electron chi connectivity index (χ4n) is 4.25. The molecule has 1 aromatic rings. The molecule has 0 aromatic carbocycles. The van der Waals surface area contributed by atoms with Crippen molar-refractivity contribution in [1.82, 2.24) is 14.2 Å². The van der Waals surface area contributed by atoms with Crippen LogP contribution < -0.4 is 0 Å². The number of methoxy groups -OCH3 is 1. The van der Waals surface area contributed by atoms with Gasteiger partial charge in [-0.25, -0.2) is 17.8 Å². The average molecular weight is 403 g/mol. The summed E-state index contributed by atoms with van der Waals surface area (Å²) in [5.41, 5.74) is -1.48. The number of pyridine rings is 1. The lowest BCUT2D eigenvalue weighted by molar-refractivity contribution is -0.0981. The second kappa shape index (κ2) is 6.43. The number of fused-ring (bicyclic) bond motifs is 1. The van der Waals surface area contributed by atoms with Crippen molar-refractivity contribution in [3.05, 3.63) is 29.6 Å². The van der Waals surface area contributed by atoms with E-state index in [4.69, 9.17) is 9.47 Å². The molecule has 1 unspecified atom stereocenters. The van der Waals surface area contributed by atoms with E-state index in [0.717, 1.165) is 6.07 Å². The molecule has 0 N–H and O–H groups in total. The molecular weight excluding hydrogens is 384 g/mol. The highest BCUT2D eigenvalue weighted by molar-refractivity contribution is 7.90. The zero-order chi connectivity index (χ0) is 19.4. The van der Waals surface area contributed by atoms with E-state index in [-0.39, 0.29) is 39.2 Å². The molecule has 1 spiro atoms. The molecule has 0 radical (unpaired) electrons. The lowest BCUT2D eigenvalue weighted by atomic mass is 9.99. The van der Waals surface area contributed by atoms with Gasteiger partial charge in [0.2, 0.25) is 16.0 Å². The second-order valence-corrected chi connectivity index (χ2v) is 9.19. The van der Waals surface area contributed by atoms with Crippen molar-refractivity contribution in [3.8, 4) is 0 Å². The van der Waals surface area contributed by atoms with Gasteiger partial charge in [-0.15, -0.1) is 0 Å². The van der Waals surface area contributed by atoms with Crippen LogP contribution in [0.3, 0.4) is 0 Å². The molecule has 1 aromatic heterocycles. The van der Waals surface area contributed by atoms with Gasteiger partial charge in [0, 0.05) is 32.8 Å². The first kappa shape index (κ1) is 18.7. The maximum absolute atomic E-state index is 13.9. The van der Waals surface area contributed by atoms with Crippen LogP contribution in [0.1, 0.15) is 16.8 Å². The lowest BCUT2D eigenvalue weighted by Gasteiger charge is -2.39. The molecule has 27 heavy (non-hydrogen) atoms. The zero-order valence-corrected chi connectivity index (χ0v) is 15.4. The summed E-state index contributed by atoms with van der Waals surface area (Å²) in [6.07, 6.45) is 0.468. The van der Waals surface area contributed by atoms with E-state index in [2.05, 4.69) is 4.98 Å². The molecule has 0 saturated carbocycles. The predicted octanol–water partition coefficient (Wildman–Crippen LogP) is 0.00370. The topological polar surface area (TPSA) is 89.0 Å². The van der Waals surface area contributed by atoms with Crippen molar-refractivity contribution in [2.45, 2.75) is 23.4 Å². The Balaban J connectivity index is 1.61. The molecule has 4 rings (SSSR count). The van der Waals surface area contributed by atoms with E-state index in [1.54, 1.807) is 0 Å². The van der Waals surface area contributed by atoms with E-state index in [1.807, 2.05) is 0 Å². The Morgan fingerprint density at radius 2 is 2.22 bits per heavy atom. The van der Waals surface area contributed by atoms with Crippen molar-refractivity contribution >= 4 is 15.9 Å².